The summed E-state index contributed by atoms with van der Waals surface area (Å²) in [4.78, 5) is 11.3. The molecule has 6 nitrogen and oxygen atoms in total. The van der Waals surface area contributed by atoms with Crippen LogP contribution in [-0.2, 0) is 0 Å². The molecule has 0 unspecified atom stereocenters. The van der Waals surface area contributed by atoms with E-state index in [1.54, 1.807) is 6.20 Å². The van der Waals surface area contributed by atoms with Crippen molar-refractivity contribution in [3.05, 3.63) is 66.9 Å². The molecule has 1 aromatic heterocycles. The summed E-state index contributed by atoms with van der Waals surface area (Å²) in [6, 6.07) is 19.7. The number of piperidine rings is 1. The molecule has 0 atom stereocenters. The van der Waals surface area contributed by atoms with Crippen molar-refractivity contribution in [2.45, 2.75) is 19.3 Å². The molecule has 6 heteroatoms. The number of hydrogen-bond acceptors (Lipinski definition) is 6. The van der Waals surface area contributed by atoms with Crippen molar-refractivity contribution in [3.63, 3.8) is 0 Å². The van der Waals surface area contributed by atoms with Gasteiger partial charge in [-0.15, -0.1) is 0 Å². The first-order valence-corrected chi connectivity index (χ1v) is 10.2. The highest BCUT2D eigenvalue weighted by Gasteiger charge is 2.09. The number of likely N-dealkylation sites (tertiary alicyclic amines) is 1. The number of ether oxygens (including phenoxy) is 1. The average molecular weight is 390 g/mol. The van der Waals surface area contributed by atoms with Crippen LogP contribution in [-0.4, -0.2) is 41.1 Å². The van der Waals surface area contributed by atoms with Gasteiger partial charge in [-0.2, -0.15) is 4.98 Å². The molecule has 0 spiro atoms. The van der Waals surface area contributed by atoms with Crippen molar-refractivity contribution in [1.29, 1.82) is 0 Å². The molecule has 4 rings (SSSR count). The molecule has 2 heterocycles. The van der Waals surface area contributed by atoms with Crippen molar-refractivity contribution < 1.29 is 4.74 Å². The van der Waals surface area contributed by atoms with Gasteiger partial charge in [0, 0.05) is 24.1 Å². The highest BCUT2D eigenvalue weighted by atomic mass is 16.5. The lowest BCUT2D eigenvalue weighted by Crippen LogP contribution is -2.33. The summed E-state index contributed by atoms with van der Waals surface area (Å²) in [5, 5.41) is 6.51. The first-order valence-electron chi connectivity index (χ1n) is 10.2. The molecule has 0 saturated carbocycles. The number of aromatic nitrogens is 2. The van der Waals surface area contributed by atoms with E-state index in [1.807, 2.05) is 60.7 Å². The van der Waals surface area contributed by atoms with Crippen molar-refractivity contribution in [2.75, 3.05) is 36.9 Å². The van der Waals surface area contributed by atoms with Crippen LogP contribution in [0.1, 0.15) is 19.3 Å². The zero-order valence-electron chi connectivity index (χ0n) is 16.6. The van der Waals surface area contributed by atoms with E-state index in [-0.39, 0.29) is 0 Å². The van der Waals surface area contributed by atoms with Gasteiger partial charge in [-0.05, 0) is 68.4 Å². The predicted molar refractivity (Wildman–Crippen MR) is 117 cm³/mol. The van der Waals surface area contributed by atoms with Crippen LogP contribution in [0.25, 0.3) is 0 Å². The second-order valence-corrected chi connectivity index (χ2v) is 7.16. The SMILES string of the molecule is c1ccc(Nc2ccnc(Nc3ccc(OCCN4CCCCC4)cc3)n2)cc1. The molecule has 2 N–H and O–H groups in total. The minimum atomic E-state index is 0.546. The van der Waals surface area contributed by atoms with E-state index in [9.17, 15) is 0 Å². The van der Waals surface area contributed by atoms with E-state index in [2.05, 4.69) is 25.5 Å². The van der Waals surface area contributed by atoms with E-state index in [0.29, 0.717) is 5.95 Å². The van der Waals surface area contributed by atoms with Gasteiger partial charge in [0.15, 0.2) is 0 Å². The summed E-state index contributed by atoms with van der Waals surface area (Å²) in [7, 11) is 0. The van der Waals surface area contributed by atoms with E-state index >= 15 is 0 Å². The Morgan fingerprint density at radius 1 is 0.828 bits per heavy atom. The molecule has 3 aromatic rings. The highest BCUT2D eigenvalue weighted by Crippen LogP contribution is 2.20. The van der Waals surface area contributed by atoms with Crippen molar-refractivity contribution in [1.82, 2.24) is 14.9 Å². The maximum absolute atomic E-state index is 5.89. The number of hydrogen-bond donors (Lipinski definition) is 2. The molecule has 0 amide bonds. The molecule has 2 aromatic carbocycles. The van der Waals surface area contributed by atoms with Crippen LogP contribution in [0.3, 0.4) is 0 Å². The van der Waals surface area contributed by atoms with Crippen LogP contribution in [0.15, 0.2) is 66.9 Å². The van der Waals surface area contributed by atoms with Gasteiger partial charge in [-0.3, -0.25) is 4.90 Å². The topological polar surface area (TPSA) is 62.3 Å². The Balaban J connectivity index is 1.28. The fourth-order valence-corrected chi connectivity index (χ4v) is 3.40. The van der Waals surface area contributed by atoms with Crippen molar-refractivity contribution >= 4 is 23.1 Å². The maximum atomic E-state index is 5.89. The molecule has 0 aliphatic carbocycles. The summed E-state index contributed by atoms with van der Waals surface area (Å²) < 4.78 is 5.89. The first kappa shape index (κ1) is 19.2. The lowest BCUT2D eigenvalue weighted by Gasteiger charge is -2.26. The third kappa shape index (κ3) is 5.93. The van der Waals surface area contributed by atoms with Gasteiger partial charge < -0.3 is 15.4 Å². The van der Waals surface area contributed by atoms with Crippen molar-refractivity contribution in [3.8, 4) is 5.75 Å². The number of rotatable bonds is 8. The minimum Gasteiger partial charge on any atom is -0.492 e. The Bertz CT molecular complexity index is 879. The lowest BCUT2D eigenvalue weighted by molar-refractivity contribution is 0.183. The van der Waals surface area contributed by atoms with Gasteiger partial charge in [-0.1, -0.05) is 24.6 Å². The van der Waals surface area contributed by atoms with E-state index in [0.717, 1.165) is 36.1 Å². The van der Waals surface area contributed by atoms with Gasteiger partial charge >= 0.3 is 0 Å². The normalized spacial score (nSPS) is 14.3. The Morgan fingerprint density at radius 3 is 2.38 bits per heavy atom. The summed E-state index contributed by atoms with van der Waals surface area (Å²) >= 11 is 0. The van der Waals surface area contributed by atoms with Gasteiger partial charge in [0.25, 0.3) is 0 Å². The molecule has 150 valence electrons. The van der Waals surface area contributed by atoms with Crippen LogP contribution >= 0.6 is 0 Å². The summed E-state index contributed by atoms with van der Waals surface area (Å²) in [6.45, 7) is 4.12. The number of nitrogens with one attached hydrogen (secondary N) is 2. The van der Waals surface area contributed by atoms with E-state index in [4.69, 9.17) is 4.74 Å². The average Bonchev–Trinajstić information content (AvgIpc) is 2.77. The zero-order chi connectivity index (χ0) is 19.7. The standard InChI is InChI=1S/C23H27N5O/c1-3-7-19(8-4-1)25-22-13-14-24-23(27-22)26-20-9-11-21(12-10-20)29-18-17-28-15-5-2-6-16-28/h1,3-4,7-14H,2,5-6,15-18H2,(H2,24,25,26,27). The molecule has 1 saturated heterocycles. The van der Waals surface area contributed by atoms with Crippen LogP contribution in [0.5, 0.6) is 5.75 Å². The van der Waals surface area contributed by atoms with Crippen LogP contribution in [0, 0.1) is 0 Å². The molecule has 0 bridgehead atoms. The smallest absolute Gasteiger partial charge is 0.229 e. The van der Waals surface area contributed by atoms with Gasteiger partial charge in [0.2, 0.25) is 5.95 Å². The summed E-state index contributed by atoms with van der Waals surface area (Å²) in [5.74, 6) is 2.17. The molecular weight excluding hydrogens is 362 g/mol. The van der Waals surface area contributed by atoms with Crippen LogP contribution in [0.4, 0.5) is 23.1 Å². The Labute approximate surface area is 172 Å². The van der Waals surface area contributed by atoms with Gasteiger partial charge in [0.05, 0.1) is 0 Å². The second kappa shape index (κ2) is 9.89. The van der Waals surface area contributed by atoms with Gasteiger partial charge in [0.1, 0.15) is 18.2 Å². The third-order valence-corrected chi connectivity index (χ3v) is 4.94. The molecule has 1 aliphatic heterocycles. The zero-order valence-corrected chi connectivity index (χ0v) is 16.6. The number of nitrogens with zero attached hydrogens (tertiary/aromatic N) is 3. The monoisotopic (exact) mass is 389 g/mol. The van der Waals surface area contributed by atoms with Gasteiger partial charge in [-0.25, -0.2) is 4.98 Å². The second-order valence-electron chi connectivity index (χ2n) is 7.16. The van der Waals surface area contributed by atoms with E-state index < -0.39 is 0 Å². The quantitative estimate of drug-likeness (QED) is 0.575. The number of anilines is 4. The molecular formula is C23H27N5O. The summed E-state index contributed by atoms with van der Waals surface area (Å²) in [5.41, 5.74) is 1.91. The van der Waals surface area contributed by atoms with Crippen molar-refractivity contribution in [2.24, 2.45) is 0 Å². The third-order valence-electron chi connectivity index (χ3n) is 4.94. The summed E-state index contributed by atoms with van der Waals surface area (Å²) in [6.07, 6.45) is 5.72. The molecule has 1 fully saturated rings. The molecule has 1 aliphatic rings. The Hall–Kier alpha value is -3.12. The van der Waals surface area contributed by atoms with Crippen LogP contribution in [0.2, 0.25) is 0 Å². The van der Waals surface area contributed by atoms with Crippen LogP contribution < -0.4 is 15.4 Å². The first-order chi connectivity index (χ1) is 14.3. The minimum absolute atomic E-state index is 0.546. The molecule has 0 radical (unpaired) electrons. The maximum Gasteiger partial charge on any atom is 0.229 e. The fourth-order valence-electron chi connectivity index (χ4n) is 3.40. The Kier molecular flexibility index (Phi) is 6.55. The lowest BCUT2D eigenvalue weighted by atomic mass is 10.1. The fraction of sp³-hybridized carbons (Fsp3) is 0.304. The highest BCUT2D eigenvalue weighted by molar-refractivity contribution is 5.59. The van der Waals surface area contributed by atoms with E-state index in [1.165, 1.54) is 32.4 Å². The Morgan fingerprint density at radius 2 is 1.59 bits per heavy atom. The number of para-hydroxylation sites is 1. The predicted octanol–water partition coefficient (Wildman–Crippen LogP) is 4.83. The number of benzene rings is 2. The molecule has 29 heavy (non-hydrogen) atoms. The largest absolute Gasteiger partial charge is 0.492 e.